The normalized spacial score (nSPS) is 21.1. The van der Waals surface area contributed by atoms with Crippen molar-refractivity contribution in [3.05, 3.63) is 35.9 Å². The minimum Gasteiger partial charge on any atom is -0.481 e. The average Bonchev–Trinajstić information content (AvgIpc) is 2.15. The summed E-state index contributed by atoms with van der Waals surface area (Å²) in [5.41, 5.74) is -0.481. The van der Waals surface area contributed by atoms with E-state index in [4.69, 9.17) is 5.11 Å². The fourth-order valence-electron chi connectivity index (χ4n) is 2.28. The number of alkyl halides is 2. The van der Waals surface area contributed by atoms with Crippen LogP contribution in [0.25, 0.3) is 0 Å². The molecule has 2 rings (SSSR count). The summed E-state index contributed by atoms with van der Waals surface area (Å²) in [6, 6.07) is 8.90. The molecule has 86 valence electrons. The molecule has 2 nitrogen and oxygen atoms in total. The van der Waals surface area contributed by atoms with E-state index in [1.807, 2.05) is 6.07 Å². The fraction of sp³-hybridized carbons (Fsp3) is 0.417. The summed E-state index contributed by atoms with van der Waals surface area (Å²) >= 11 is 0. The Labute approximate surface area is 91.9 Å². The van der Waals surface area contributed by atoms with E-state index < -0.39 is 30.1 Å². The zero-order valence-electron chi connectivity index (χ0n) is 8.62. The van der Waals surface area contributed by atoms with Crippen molar-refractivity contribution >= 4 is 5.97 Å². The predicted molar refractivity (Wildman–Crippen MR) is 54.4 cm³/mol. The second kappa shape index (κ2) is 3.54. The van der Waals surface area contributed by atoms with E-state index in [-0.39, 0.29) is 6.42 Å². The summed E-state index contributed by atoms with van der Waals surface area (Å²) in [5.74, 6) is -3.94. The molecule has 0 spiro atoms. The number of benzene rings is 1. The van der Waals surface area contributed by atoms with Crippen molar-refractivity contribution in [1.82, 2.24) is 0 Å². The largest absolute Gasteiger partial charge is 0.481 e. The lowest BCUT2D eigenvalue weighted by atomic mass is 9.63. The van der Waals surface area contributed by atoms with Gasteiger partial charge in [-0.05, 0) is 12.0 Å². The van der Waals surface area contributed by atoms with Crippen LogP contribution < -0.4 is 0 Å². The zero-order chi connectivity index (χ0) is 11.8. The molecule has 1 fully saturated rings. The highest BCUT2D eigenvalue weighted by Gasteiger charge is 2.60. The molecule has 1 aromatic rings. The quantitative estimate of drug-likeness (QED) is 0.860. The Balaban J connectivity index is 2.15. The summed E-state index contributed by atoms with van der Waals surface area (Å²) in [5, 5.41) is 9.04. The Morgan fingerprint density at radius 3 is 2.25 bits per heavy atom. The first-order valence-corrected chi connectivity index (χ1v) is 5.09. The molecular weight excluding hydrogens is 214 g/mol. The number of carboxylic acid groups (broad SMARTS) is 1. The molecule has 1 aromatic carbocycles. The van der Waals surface area contributed by atoms with Crippen molar-refractivity contribution in [3.63, 3.8) is 0 Å². The van der Waals surface area contributed by atoms with Gasteiger partial charge in [0.15, 0.2) is 0 Å². The Bertz CT molecular complexity index is 393. The summed E-state index contributed by atoms with van der Waals surface area (Å²) in [6.07, 6.45) is -0.923. The minimum absolute atomic E-state index is 0.179. The summed E-state index contributed by atoms with van der Waals surface area (Å²) in [7, 11) is 0. The fourth-order valence-corrected chi connectivity index (χ4v) is 2.28. The third kappa shape index (κ3) is 1.92. The zero-order valence-corrected chi connectivity index (χ0v) is 8.62. The Kier molecular flexibility index (Phi) is 2.45. The highest BCUT2D eigenvalue weighted by molar-refractivity contribution is 5.76. The van der Waals surface area contributed by atoms with Crippen LogP contribution in [0.3, 0.4) is 0 Å². The highest BCUT2D eigenvalue weighted by Crippen LogP contribution is 2.53. The number of rotatable bonds is 3. The summed E-state index contributed by atoms with van der Waals surface area (Å²) in [6.45, 7) is 0. The van der Waals surface area contributed by atoms with E-state index in [9.17, 15) is 13.6 Å². The van der Waals surface area contributed by atoms with E-state index in [1.165, 1.54) is 0 Å². The van der Waals surface area contributed by atoms with Crippen LogP contribution in [-0.2, 0) is 11.2 Å². The molecule has 0 atom stereocenters. The Morgan fingerprint density at radius 2 is 1.81 bits per heavy atom. The van der Waals surface area contributed by atoms with Crippen molar-refractivity contribution in [2.75, 3.05) is 0 Å². The van der Waals surface area contributed by atoms with Crippen LogP contribution in [-0.4, -0.2) is 17.0 Å². The maximum Gasteiger partial charge on any atom is 0.310 e. The van der Waals surface area contributed by atoms with Gasteiger partial charge in [-0.1, -0.05) is 30.3 Å². The van der Waals surface area contributed by atoms with Gasteiger partial charge < -0.3 is 5.11 Å². The topological polar surface area (TPSA) is 37.3 Å². The van der Waals surface area contributed by atoms with E-state index in [1.54, 1.807) is 24.3 Å². The van der Waals surface area contributed by atoms with Gasteiger partial charge in [-0.15, -0.1) is 0 Å². The van der Waals surface area contributed by atoms with Crippen molar-refractivity contribution in [1.29, 1.82) is 0 Å². The smallest absolute Gasteiger partial charge is 0.310 e. The molecule has 0 bridgehead atoms. The lowest BCUT2D eigenvalue weighted by molar-refractivity contribution is -0.193. The third-order valence-corrected chi connectivity index (χ3v) is 3.03. The summed E-state index contributed by atoms with van der Waals surface area (Å²) in [4.78, 5) is 11.1. The molecule has 0 saturated heterocycles. The van der Waals surface area contributed by atoms with Crippen LogP contribution >= 0.6 is 0 Å². The predicted octanol–water partition coefficient (Wildman–Crippen LogP) is 2.73. The van der Waals surface area contributed by atoms with E-state index in [0.29, 0.717) is 0 Å². The van der Waals surface area contributed by atoms with E-state index >= 15 is 0 Å². The molecule has 0 amide bonds. The van der Waals surface area contributed by atoms with Gasteiger partial charge in [0, 0.05) is 12.8 Å². The lowest BCUT2D eigenvalue weighted by Gasteiger charge is -2.44. The monoisotopic (exact) mass is 226 g/mol. The van der Waals surface area contributed by atoms with Crippen molar-refractivity contribution in [2.45, 2.75) is 25.2 Å². The maximum absolute atomic E-state index is 12.8. The van der Waals surface area contributed by atoms with Gasteiger partial charge in [0.2, 0.25) is 5.92 Å². The van der Waals surface area contributed by atoms with Crippen LogP contribution in [0.15, 0.2) is 30.3 Å². The van der Waals surface area contributed by atoms with Crippen molar-refractivity contribution in [2.24, 2.45) is 5.41 Å². The molecule has 1 saturated carbocycles. The number of carbonyl (C=O) groups is 1. The van der Waals surface area contributed by atoms with Gasteiger partial charge in [0.25, 0.3) is 0 Å². The first kappa shape index (κ1) is 11.0. The van der Waals surface area contributed by atoms with Gasteiger partial charge in [0.1, 0.15) is 0 Å². The van der Waals surface area contributed by atoms with Crippen molar-refractivity contribution < 1.29 is 18.7 Å². The average molecular weight is 226 g/mol. The second-order valence-electron chi connectivity index (χ2n) is 4.46. The molecule has 0 radical (unpaired) electrons. The van der Waals surface area contributed by atoms with E-state index in [2.05, 4.69) is 0 Å². The van der Waals surface area contributed by atoms with Crippen LogP contribution in [0.1, 0.15) is 18.4 Å². The van der Waals surface area contributed by atoms with Gasteiger partial charge in [-0.2, -0.15) is 0 Å². The molecule has 0 aromatic heterocycles. The van der Waals surface area contributed by atoms with Gasteiger partial charge >= 0.3 is 5.97 Å². The van der Waals surface area contributed by atoms with Crippen LogP contribution in [0, 0.1) is 5.41 Å². The molecule has 0 aliphatic heterocycles. The Hall–Kier alpha value is -1.45. The second-order valence-corrected chi connectivity index (χ2v) is 4.46. The summed E-state index contributed by atoms with van der Waals surface area (Å²) < 4.78 is 25.7. The van der Waals surface area contributed by atoms with Crippen molar-refractivity contribution in [3.8, 4) is 0 Å². The molecule has 1 aliphatic rings. The maximum atomic E-state index is 12.8. The molecule has 16 heavy (non-hydrogen) atoms. The number of hydrogen-bond donors (Lipinski definition) is 1. The Morgan fingerprint density at radius 1 is 1.25 bits per heavy atom. The molecule has 0 heterocycles. The number of carboxylic acids is 1. The van der Waals surface area contributed by atoms with Crippen LogP contribution in [0.2, 0.25) is 0 Å². The first-order valence-electron chi connectivity index (χ1n) is 5.09. The molecule has 1 N–H and O–H groups in total. The van der Waals surface area contributed by atoms with E-state index in [0.717, 1.165) is 5.56 Å². The SMILES string of the molecule is O=C(O)C1(Cc2ccccc2)CC(F)(F)C1. The molecule has 0 unspecified atom stereocenters. The van der Waals surface area contributed by atoms with Gasteiger partial charge in [-0.3, -0.25) is 4.79 Å². The first-order chi connectivity index (χ1) is 7.44. The van der Waals surface area contributed by atoms with Gasteiger partial charge in [0.05, 0.1) is 5.41 Å². The highest BCUT2D eigenvalue weighted by atomic mass is 19.3. The van der Waals surface area contributed by atoms with Gasteiger partial charge in [-0.25, -0.2) is 8.78 Å². The van der Waals surface area contributed by atoms with Crippen LogP contribution in [0.4, 0.5) is 8.78 Å². The number of aliphatic carboxylic acids is 1. The minimum atomic E-state index is -2.81. The third-order valence-electron chi connectivity index (χ3n) is 3.03. The van der Waals surface area contributed by atoms with Crippen LogP contribution in [0.5, 0.6) is 0 Å². The number of hydrogen-bond acceptors (Lipinski definition) is 1. The standard InChI is InChI=1S/C12H12F2O2/c13-12(14)7-11(8-12,10(15)16)6-9-4-2-1-3-5-9/h1-5H,6-8H2,(H,15,16). The number of halogens is 2. The molecule has 1 aliphatic carbocycles. The molecular formula is C12H12F2O2. The molecule has 4 heteroatoms. The lowest BCUT2D eigenvalue weighted by Crippen LogP contribution is -2.52.